The Morgan fingerprint density at radius 3 is 3.00 bits per heavy atom. The second-order valence-corrected chi connectivity index (χ2v) is 3.27. The zero-order valence-corrected chi connectivity index (χ0v) is 8.34. The molecule has 0 spiro atoms. The molecule has 0 aliphatic carbocycles. The summed E-state index contributed by atoms with van der Waals surface area (Å²) < 4.78 is 4.90. The smallest absolute Gasteiger partial charge is 0.346 e. The first-order chi connectivity index (χ1) is 6.72. The van der Waals surface area contributed by atoms with E-state index in [4.69, 9.17) is 16.0 Å². The van der Waals surface area contributed by atoms with Gasteiger partial charge in [0, 0.05) is 0 Å². The maximum absolute atomic E-state index is 11.4. The molecular formula is C10H8ClNO2. The van der Waals surface area contributed by atoms with Gasteiger partial charge in [-0.3, -0.25) is 0 Å². The van der Waals surface area contributed by atoms with E-state index in [1.54, 1.807) is 12.1 Å². The molecule has 72 valence electrons. The minimum atomic E-state index is -0.380. The molecule has 0 unspecified atom stereocenters. The van der Waals surface area contributed by atoms with Gasteiger partial charge in [-0.2, -0.15) is 0 Å². The van der Waals surface area contributed by atoms with E-state index in [0.29, 0.717) is 10.9 Å². The van der Waals surface area contributed by atoms with E-state index in [2.05, 4.69) is 4.98 Å². The van der Waals surface area contributed by atoms with Crippen LogP contribution in [0.1, 0.15) is 11.5 Å². The van der Waals surface area contributed by atoms with Crippen molar-refractivity contribution in [3.63, 3.8) is 0 Å². The van der Waals surface area contributed by atoms with Crippen molar-refractivity contribution in [3.05, 3.63) is 40.1 Å². The number of aromatic nitrogens is 1. The molecule has 0 radical (unpaired) electrons. The number of alkyl halides is 1. The maximum atomic E-state index is 11.4. The van der Waals surface area contributed by atoms with Gasteiger partial charge in [0.15, 0.2) is 0 Å². The van der Waals surface area contributed by atoms with Crippen LogP contribution in [0.2, 0.25) is 0 Å². The number of hydrogen-bond acceptors (Lipinski definition) is 3. The Hall–Kier alpha value is -1.35. The van der Waals surface area contributed by atoms with Crippen LogP contribution >= 0.6 is 11.6 Å². The Morgan fingerprint density at radius 1 is 1.50 bits per heavy atom. The van der Waals surface area contributed by atoms with Gasteiger partial charge in [0.2, 0.25) is 5.89 Å². The normalized spacial score (nSPS) is 10.7. The molecule has 0 saturated heterocycles. The largest absolute Gasteiger partial charge is 0.407 e. The molecule has 2 aromatic rings. The number of fused-ring (bicyclic) bond motifs is 1. The maximum Gasteiger partial charge on any atom is 0.346 e. The zero-order chi connectivity index (χ0) is 10.1. The lowest BCUT2D eigenvalue weighted by Gasteiger charge is -2.00. The molecule has 0 aliphatic rings. The van der Waals surface area contributed by atoms with Crippen LogP contribution in [0, 0.1) is 6.92 Å². The van der Waals surface area contributed by atoms with E-state index in [-0.39, 0.29) is 17.4 Å². The van der Waals surface area contributed by atoms with Crippen molar-refractivity contribution >= 4 is 22.5 Å². The van der Waals surface area contributed by atoms with Crippen LogP contribution in [0.5, 0.6) is 0 Å². The molecule has 3 nitrogen and oxygen atoms in total. The van der Waals surface area contributed by atoms with Gasteiger partial charge in [-0.15, -0.1) is 11.6 Å². The Labute approximate surface area is 85.3 Å². The second-order valence-electron chi connectivity index (χ2n) is 3.00. The molecule has 0 N–H and O–H groups in total. The molecule has 1 heterocycles. The third kappa shape index (κ3) is 1.40. The summed E-state index contributed by atoms with van der Waals surface area (Å²) in [6.45, 7) is 1.90. The highest BCUT2D eigenvalue weighted by Gasteiger charge is 2.06. The highest BCUT2D eigenvalue weighted by molar-refractivity contribution is 6.16. The number of benzene rings is 1. The molecule has 4 heteroatoms. The topological polar surface area (TPSA) is 43.1 Å². The highest BCUT2D eigenvalue weighted by atomic mass is 35.5. The van der Waals surface area contributed by atoms with Gasteiger partial charge >= 0.3 is 5.63 Å². The molecule has 1 aromatic carbocycles. The fourth-order valence-electron chi connectivity index (χ4n) is 1.34. The first-order valence-corrected chi connectivity index (χ1v) is 4.71. The first-order valence-electron chi connectivity index (χ1n) is 4.17. The number of hydrogen-bond donors (Lipinski definition) is 0. The summed E-state index contributed by atoms with van der Waals surface area (Å²) in [4.78, 5) is 15.6. The fraction of sp³-hybridized carbons (Fsp3) is 0.200. The van der Waals surface area contributed by atoms with E-state index in [1.807, 2.05) is 13.0 Å². The van der Waals surface area contributed by atoms with Gasteiger partial charge in [0.1, 0.15) is 0 Å². The van der Waals surface area contributed by atoms with Crippen molar-refractivity contribution in [3.8, 4) is 0 Å². The predicted molar refractivity (Wildman–Crippen MR) is 54.6 cm³/mol. The standard InChI is InChI=1S/C10H8ClNO2/c1-6-3-2-4-7-9(6)12-8(5-11)14-10(7)13/h2-4H,5H2,1H3. The van der Waals surface area contributed by atoms with E-state index in [9.17, 15) is 4.79 Å². The summed E-state index contributed by atoms with van der Waals surface area (Å²) in [6.07, 6.45) is 0. The van der Waals surface area contributed by atoms with Crippen molar-refractivity contribution < 1.29 is 4.42 Å². The molecular weight excluding hydrogens is 202 g/mol. The monoisotopic (exact) mass is 209 g/mol. The molecule has 0 fully saturated rings. The third-order valence-electron chi connectivity index (χ3n) is 2.02. The summed E-state index contributed by atoms with van der Waals surface area (Å²) in [5.41, 5.74) is 1.23. The van der Waals surface area contributed by atoms with Crippen LogP contribution in [0.3, 0.4) is 0 Å². The lowest BCUT2D eigenvalue weighted by molar-refractivity contribution is 0.462. The first kappa shape index (κ1) is 9.21. The summed E-state index contributed by atoms with van der Waals surface area (Å²) in [7, 11) is 0. The molecule has 0 aliphatic heterocycles. The van der Waals surface area contributed by atoms with Crippen molar-refractivity contribution in [1.82, 2.24) is 4.98 Å². The molecule has 0 amide bonds. The van der Waals surface area contributed by atoms with Gasteiger partial charge in [-0.05, 0) is 18.6 Å². The second kappa shape index (κ2) is 3.42. The number of para-hydroxylation sites is 1. The fourth-order valence-corrected chi connectivity index (χ4v) is 1.45. The van der Waals surface area contributed by atoms with Crippen LogP contribution in [0.4, 0.5) is 0 Å². The van der Waals surface area contributed by atoms with Crippen LogP contribution < -0.4 is 5.63 Å². The minimum absolute atomic E-state index is 0.111. The summed E-state index contributed by atoms with van der Waals surface area (Å²) >= 11 is 5.56. The third-order valence-corrected chi connectivity index (χ3v) is 2.25. The summed E-state index contributed by atoms with van der Waals surface area (Å²) in [6, 6.07) is 5.39. The van der Waals surface area contributed by atoms with Crippen molar-refractivity contribution in [2.75, 3.05) is 0 Å². The summed E-state index contributed by atoms with van der Waals surface area (Å²) in [5.74, 6) is 0.373. The number of nitrogens with zero attached hydrogens (tertiary/aromatic N) is 1. The highest BCUT2D eigenvalue weighted by Crippen LogP contribution is 2.13. The summed E-state index contributed by atoms with van der Waals surface area (Å²) in [5, 5.41) is 0.499. The molecule has 0 saturated carbocycles. The minimum Gasteiger partial charge on any atom is -0.407 e. The lowest BCUT2D eigenvalue weighted by Crippen LogP contribution is -2.04. The van der Waals surface area contributed by atoms with Gasteiger partial charge in [-0.1, -0.05) is 12.1 Å². The quantitative estimate of drug-likeness (QED) is 0.677. The number of halogens is 1. The van der Waals surface area contributed by atoms with Gasteiger partial charge < -0.3 is 4.42 Å². The Balaban J connectivity index is 2.91. The van der Waals surface area contributed by atoms with Crippen molar-refractivity contribution in [2.45, 2.75) is 12.8 Å². The van der Waals surface area contributed by atoms with Crippen LogP contribution in [0.25, 0.3) is 10.9 Å². The Kier molecular flexibility index (Phi) is 2.25. The van der Waals surface area contributed by atoms with E-state index in [0.717, 1.165) is 5.56 Å². The van der Waals surface area contributed by atoms with Gasteiger partial charge in [0.25, 0.3) is 0 Å². The average molecular weight is 210 g/mol. The molecule has 1 aromatic heterocycles. The number of aryl methyl sites for hydroxylation is 1. The van der Waals surface area contributed by atoms with E-state index in [1.165, 1.54) is 0 Å². The Morgan fingerprint density at radius 2 is 2.29 bits per heavy atom. The lowest BCUT2D eigenvalue weighted by atomic mass is 10.1. The zero-order valence-electron chi connectivity index (χ0n) is 7.58. The van der Waals surface area contributed by atoms with Crippen LogP contribution in [0.15, 0.2) is 27.4 Å². The van der Waals surface area contributed by atoms with E-state index < -0.39 is 0 Å². The molecule has 2 rings (SSSR count). The molecule has 0 bridgehead atoms. The number of rotatable bonds is 1. The van der Waals surface area contributed by atoms with Crippen molar-refractivity contribution in [1.29, 1.82) is 0 Å². The van der Waals surface area contributed by atoms with Gasteiger partial charge in [-0.25, -0.2) is 9.78 Å². The van der Waals surface area contributed by atoms with Crippen LogP contribution in [-0.4, -0.2) is 4.98 Å². The van der Waals surface area contributed by atoms with E-state index >= 15 is 0 Å². The average Bonchev–Trinajstić information content (AvgIpc) is 2.19. The Bertz CT molecular complexity index is 533. The van der Waals surface area contributed by atoms with Crippen molar-refractivity contribution in [2.24, 2.45) is 0 Å². The van der Waals surface area contributed by atoms with Gasteiger partial charge in [0.05, 0.1) is 16.8 Å². The molecule has 0 atom stereocenters. The van der Waals surface area contributed by atoms with Crippen LogP contribution in [-0.2, 0) is 5.88 Å². The SMILES string of the molecule is Cc1cccc2c(=O)oc(CCl)nc12. The predicted octanol–water partition coefficient (Wildman–Crippen LogP) is 2.24. The molecule has 14 heavy (non-hydrogen) atoms.